The summed E-state index contributed by atoms with van der Waals surface area (Å²) < 4.78 is 0. The van der Waals surface area contributed by atoms with Crippen molar-refractivity contribution in [1.82, 2.24) is 0 Å². The summed E-state index contributed by atoms with van der Waals surface area (Å²) in [6.07, 6.45) is 0. The molecule has 256 valence electrons. The predicted octanol–water partition coefficient (Wildman–Crippen LogP) is 4.29. The van der Waals surface area contributed by atoms with Gasteiger partial charge in [-0.3, -0.25) is 19.2 Å². The van der Waals surface area contributed by atoms with Gasteiger partial charge in [-0.25, -0.2) is 9.59 Å². The first-order valence-electron chi connectivity index (χ1n) is 14.7. The van der Waals surface area contributed by atoms with Crippen LogP contribution < -0.4 is 19.6 Å². The summed E-state index contributed by atoms with van der Waals surface area (Å²) in [6, 6.07) is 19.3. The number of fused-ring (bicyclic) bond motifs is 4. The van der Waals surface area contributed by atoms with Gasteiger partial charge >= 0.3 is 35.8 Å². The van der Waals surface area contributed by atoms with Crippen molar-refractivity contribution in [3.05, 3.63) is 96.1 Å². The van der Waals surface area contributed by atoms with Gasteiger partial charge < -0.3 is 50.2 Å². The minimum atomic E-state index is -1.52. The average molecular weight is 685 g/mol. The number of carboxylic acids is 6. The van der Waals surface area contributed by atoms with Gasteiger partial charge in [-0.2, -0.15) is 0 Å². The largest absolute Gasteiger partial charge is 0.480 e. The first-order chi connectivity index (χ1) is 23.8. The summed E-state index contributed by atoms with van der Waals surface area (Å²) in [6.45, 7) is -3.50. The zero-order valence-corrected chi connectivity index (χ0v) is 25.8. The molecule has 16 nitrogen and oxygen atoms in total. The van der Waals surface area contributed by atoms with Crippen LogP contribution in [0, 0.1) is 0 Å². The van der Waals surface area contributed by atoms with Crippen molar-refractivity contribution in [2.75, 3.05) is 45.8 Å². The summed E-state index contributed by atoms with van der Waals surface area (Å²) in [5.74, 6) is -8.72. The Morgan fingerprint density at radius 2 is 0.620 bits per heavy atom. The molecule has 0 aromatic heterocycles. The van der Waals surface area contributed by atoms with Crippen molar-refractivity contribution in [2.24, 2.45) is 0 Å². The van der Waals surface area contributed by atoms with Crippen LogP contribution in [0.25, 0.3) is 0 Å². The van der Waals surface area contributed by atoms with E-state index >= 15 is 0 Å². The first kappa shape index (κ1) is 34.2. The number of aromatic carboxylic acids is 2. The molecule has 0 spiro atoms. The van der Waals surface area contributed by atoms with Gasteiger partial charge in [0.05, 0.1) is 56.6 Å². The van der Waals surface area contributed by atoms with E-state index in [0.29, 0.717) is 0 Å². The number of carboxylic acid groups (broad SMARTS) is 6. The minimum absolute atomic E-state index is 0.0144. The third-order valence-corrected chi connectivity index (χ3v) is 7.71. The molecule has 0 bridgehead atoms. The molecule has 4 aromatic carbocycles. The van der Waals surface area contributed by atoms with Crippen molar-refractivity contribution in [2.45, 2.75) is 0 Å². The zero-order valence-electron chi connectivity index (χ0n) is 25.8. The number of nitrogens with zero attached hydrogens (tertiary/aromatic N) is 4. The van der Waals surface area contributed by atoms with Crippen LogP contribution in [0.15, 0.2) is 84.9 Å². The molecule has 50 heavy (non-hydrogen) atoms. The van der Waals surface area contributed by atoms with E-state index in [-0.39, 0.29) is 45.5 Å². The molecule has 0 atom stereocenters. The molecule has 0 radical (unpaired) electrons. The van der Waals surface area contributed by atoms with Crippen molar-refractivity contribution >= 4 is 81.3 Å². The SMILES string of the molecule is O=C(O)CN1c2ccccc2N(CC(=O)O)c2cccc(C(=O)O)c2N(CC(=O)O)c2ccccc2N(CC(=O)O)c2c(C(=O)O)cccc21. The van der Waals surface area contributed by atoms with Gasteiger partial charge in [0.1, 0.15) is 26.2 Å². The van der Waals surface area contributed by atoms with Crippen LogP contribution >= 0.6 is 0 Å². The van der Waals surface area contributed by atoms with Crippen LogP contribution in [0.4, 0.5) is 45.5 Å². The maximum atomic E-state index is 12.8. The summed E-state index contributed by atoms with van der Waals surface area (Å²) in [5.41, 5.74) is -1.86. The molecule has 0 saturated heterocycles. The highest BCUT2D eigenvalue weighted by molar-refractivity contribution is 6.08. The number of hydrogen-bond donors (Lipinski definition) is 6. The molecule has 1 aliphatic heterocycles. The second-order valence-electron chi connectivity index (χ2n) is 10.9. The van der Waals surface area contributed by atoms with E-state index in [1.54, 1.807) is 0 Å². The van der Waals surface area contributed by atoms with Crippen LogP contribution in [-0.4, -0.2) is 92.6 Å². The van der Waals surface area contributed by atoms with Gasteiger partial charge in [0.2, 0.25) is 0 Å². The molecule has 0 amide bonds. The number of anilines is 8. The second-order valence-corrected chi connectivity index (χ2v) is 10.9. The Balaban J connectivity index is 2.09. The Kier molecular flexibility index (Phi) is 9.55. The van der Waals surface area contributed by atoms with Gasteiger partial charge in [0, 0.05) is 0 Å². The molecule has 4 aromatic rings. The average Bonchev–Trinajstić information content (AvgIpc) is 3.06. The van der Waals surface area contributed by atoms with Crippen molar-refractivity contribution < 1.29 is 59.4 Å². The molecular formula is C34H28N4O12. The van der Waals surface area contributed by atoms with E-state index in [2.05, 4.69) is 0 Å². The highest BCUT2D eigenvalue weighted by Gasteiger charge is 2.35. The molecule has 1 heterocycles. The Bertz CT molecular complexity index is 1900. The Hall–Kier alpha value is -7.10. The fourth-order valence-corrected chi connectivity index (χ4v) is 5.96. The summed E-state index contributed by atoms with van der Waals surface area (Å²) in [7, 11) is 0. The van der Waals surface area contributed by atoms with Crippen LogP contribution in [-0.2, 0) is 19.2 Å². The van der Waals surface area contributed by atoms with Crippen molar-refractivity contribution in [1.29, 1.82) is 0 Å². The molecule has 16 heteroatoms. The smallest absolute Gasteiger partial charge is 0.337 e. The Morgan fingerprint density at radius 1 is 0.360 bits per heavy atom. The Morgan fingerprint density at radius 3 is 0.900 bits per heavy atom. The first-order valence-corrected chi connectivity index (χ1v) is 14.7. The maximum absolute atomic E-state index is 12.8. The van der Waals surface area contributed by atoms with E-state index in [9.17, 15) is 59.4 Å². The molecule has 6 N–H and O–H groups in total. The number of para-hydroxylation sites is 6. The third kappa shape index (κ3) is 6.66. The topological polar surface area (TPSA) is 237 Å². The van der Waals surface area contributed by atoms with E-state index in [1.165, 1.54) is 94.7 Å². The number of benzene rings is 4. The highest BCUT2D eigenvalue weighted by Crippen LogP contribution is 2.50. The molecular weight excluding hydrogens is 656 g/mol. The predicted molar refractivity (Wildman–Crippen MR) is 178 cm³/mol. The van der Waals surface area contributed by atoms with Crippen LogP contribution in [0.1, 0.15) is 20.7 Å². The quantitative estimate of drug-likeness (QED) is 0.137. The summed E-state index contributed by atoms with van der Waals surface area (Å²) in [4.78, 5) is 80.0. The lowest BCUT2D eigenvalue weighted by atomic mass is 10.0. The fourth-order valence-electron chi connectivity index (χ4n) is 5.96. The van der Waals surface area contributed by atoms with Gasteiger partial charge in [0.25, 0.3) is 0 Å². The van der Waals surface area contributed by atoms with E-state index < -0.39 is 73.1 Å². The highest BCUT2D eigenvalue weighted by atomic mass is 16.4. The van der Waals surface area contributed by atoms with Gasteiger partial charge in [0.15, 0.2) is 0 Å². The fraction of sp³-hybridized carbons (Fsp3) is 0.118. The number of rotatable bonds is 10. The minimum Gasteiger partial charge on any atom is -0.480 e. The molecule has 0 unspecified atom stereocenters. The van der Waals surface area contributed by atoms with Gasteiger partial charge in [-0.05, 0) is 48.5 Å². The monoisotopic (exact) mass is 684 g/mol. The lowest BCUT2D eigenvalue weighted by Gasteiger charge is -2.39. The number of hydrogen-bond acceptors (Lipinski definition) is 10. The molecule has 0 fully saturated rings. The van der Waals surface area contributed by atoms with E-state index in [4.69, 9.17) is 0 Å². The summed E-state index contributed by atoms with van der Waals surface area (Å²) >= 11 is 0. The standard InChI is InChI=1S/C34H28N4O12/c39-27(40)15-35-21-9-1-2-10-22(21)36(16-28(41)42)26-14-6-8-20(34(49)50)32(26)38(18-30(45)46)24-12-4-3-11-23(24)37(17-29(43)44)31-19(33(47)48)7-5-13-25(31)35/h1-14H,15-18H2,(H,39,40)(H,41,42)(H,43,44)(H,45,46)(H,47,48)(H,49,50). The molecule has 5 rings (SSSR count). The normalized spacial score (nSPS) is 12.3. The maximum Gasteiger partial charge on any atom is 0.337 e. The Labute approximate surface area is 282 Å². The zero-order chi connectivity index (χ0) is 36.3. The van der Waals surface area contributed by atoms with Crippen LogP contribution in [0.2, 0.25) is 0 Å². The summed E-state index contributed by atoms with van der Waals surface area (Å²) in [5, 5.41) is 61.4. The van der Waals surface area contributed by atoms with Crippen LogP contribution in [0.5, 0.6) is 0 Å². The lowest BCUT2D eigenvalue weighted by molar-refractivity contribution is -0.136. The number of carbonyl (C=O) groups is 6. The second kappa shape index (κ2) is 13.9. The third-order valence-electron chi connectivity index (χ3n) is 7.71. The van der Waals surface area contributed by atoms with E-state index in [0.717, 1.165) is 9.80 Å². The lowest BCUT2D eigenvalue weighted by Crippen LogP contribution is -2.36. The van der Waals surface area contributed by atoms with Gasteiger partial charge in [-0.1, -0.05) is 36.4 Å². The van der Waals surface area contributed by atoms with Crippen LogP contribution in [0.3, 0.4) is 0 Å². The molecule has 0 aliphatic carbocycles. The number of aliphatic carboxylic acids is 4. The van der Waals surface area contributed by atoms with Crippen molar-refractivity contribution in [3.63, 3.8) is 0 Å². The van der Waals surface area contributed by atoms with Gasteiger partial charge in [-0.15, -0.1) is 0 Å². The molecule has 1 aliphatic rings. The van der Waals surface area contributed by atoms with Crippen molar-refractivity contribution in [3.8, 4) is 0 Å². The van der Waals surface area contributed by atoms with E-state index in [1.807, 2.05) is 0 Å². The molecule has 0 saturated carbocycles.